The van der Waals surface area contributed by atoms with Gasteiger partial charge in [-0.2, -0.15) is 0 Å². The highest BCUT2D eigenvalue weighted by atomic mass is 35.5. The number of hydrogen-bond acceptors (Lipinski definition) is 2. The van der Waals surface area contributed by atoms with Crippen LogP contribution < -0.4 is 5.32 Å². The van der Waals surface area contributed by atoms with Crippen LogP contribution in [0, 0.1) is 6.92 Å². The number of benzene rings is 3. The van der Waals surface area contributed by atoms with Crippen LogP contribution in [0.3, 0.4) is 0 Å². The van der Waals surface area contributed by atoms with Gasteiger partial charge in [0.1, 0.15) is 0 Å². The van der Waals surface area contributed by atoms with Crippen LogP contribution in [0.15, 0.2) is 72.8 Å². The Kier molecular flexibility index (Phi) is 6.30. The van der Waals surface area contributed by atoms with Crippen molar-refractivity contribution in [2.45, 2.75) is 6.92 Å². The van der Waals surface area contributed by atoms with Gasteiger partial charge in [-0.25, -0.2) is 0 Å². The van der Waals surface area contributed by atoms with E-state index in [4.69, 9.17) is 23.2 Å². The molecule has 0 aliphatic carbocycles. The van der Waals surface area contributed by atoms with Crippen LogP contribution in [0.4, 0.5) is 5.69 Å². The number of rotatable bonds is 5. The fraction of sp³-hybridized carbons (Fsp3) is 0.0435. The van der Waals surface area contributed by atoms with Crippen LogP contribution in [0.5, 0.6) is 0 Å². The summed E-state index contributed by atoms with van der Waals surface area (Å²) in [5.41, 5.74) is 3.58. The minimum Gasteiger partial charge on any atom is -0.322 e. The molecule has 3 nitrogen and oxygen atoms in total. The molecule has 5 heteroatoms. The van der Waals surface area contributed by atoms with E-state index in [1.807, 2.05) is 31.2 Å². The first-order valence-corrected chi connectivity index (χ1v) is 9.34. The van der Waals surface area contributed by atoms with E-state index >= 15 is 0 Å². The molecule has 0 aliphatic heterocycles. The van der Waals surface area contributed by atoms with Gasteiger partial charge >= 0.3 is 0 Å². The van der Waals surface area contributed by atoms with Gasteiger partial charge in [-0.3, -0.25) is 9.59 Å². The second-order valence-electron chi connectivity index (χ2n) is 6.22. The average Bonchev–Trinajstić information content (AvgIpc) is 2.70. The molecule has 0 saturated carbocycles. The molecule has 3 aromatic rings. The summed E-state index contributed by atoms with van der Waals surface area (Å²) in [6, 6.07) is 19.4. The Morgan fingerprint density at radius 3 is 2.21 bits per heavy atom. The maximum Gasteiger partial charge on any atom is 0.255 e. The minimum atomic E-state index is -0.184. The highest BCUT2D eigenvalue weighted by Crippen LogP contribution is 2.23. The predicted octanol–water partition coefficient (Wildman–Crippen LogP) is 6.45. The molecule has 0 fully saturated rings. The Bertz CT molecular complexity index is 1060. The van der Waals surface area contributed by atoms with Crippen molar-refractivity contribution in [3.63, 3.8) is 0 Å². The first kappa shape index (κ1) is 19.9. The van der Waals surface area contributed by atoms with Crippen molar-refractivity contribution in [3.8, 4) is 0 Å². The number of halogens is 2. The molecular formula is C23H17Cl2NO2. The second kappa shape index (κ2) is 8.87. The van der Waals surface area contributed by atoms with Crippen molar-refractivity contribution in [1.82, 2.24) is 0 Å². The Morgan fingerprint density at radius 2 is 1.54 bits per heavy atom. The van der Waals surface area contributed by atoms with Crippen LogP contribution in [-0.2, 0) is 0 Å². The lowest BCUT2D eigenvalue weighted by Gasteiger charge is -2.08. The van der Waals surface area contributed by atoms with Gasteiger partial charge in [0.25, 0.3) is 5.91 Å². The van der Waals surface area contributed by atoms with Crippen molar-refractivity contribution >= 4 is 46.7 Å². The highest BCUT2D eigenvalue weighted by Gasteiger charge is 2.08. The summed E-state index contributed by atoms with van der Waals surface area (Å²) in [5, 5.41) is 3.64. The summed E-state index contributed by atoms with van der Waals surface area (Å²) in [6.45, 7) is 1.94. The lowest BCUT2D eigenvalue weighted by molar-refractivity contribution is 0.102. The number of anilines is 1. The standard InChI is InChI=1S/C23H17Cl2NO2/c1-15-4-2-3-5-21(15)26-23(28)17-9-6-16(7-10-17)8-13-22(27)18-11-12-19(24)20(25)14-18/h2-14H,1H3,(H,26,28). The molecule has 0 heterocycles. The fourth-order valence-corrected chi connectivity index (χ4v) is 2.87. The van der Waals surface area contributed by atoms with Crippen LogP contribution in [0.2, 0.25) is 10.0 Å². The van der Waals surface area contributed by atoms with Crippen molar-refractivity contribution < 1.29 is 9.59 Å². The molecule has 1 amide bonds. The summed E-state index contributed by atoms with van der Waals surface area (Å²) in [6.07, 6.45) is 3.15. The number of para-hydroxylation sites is 1. The molecule has 0 aromatic heterocycles. The lowest BCUT2D eigenvalue weighted by atomic mass is 10.1. The minimum absolute atomic E-state index is 0.181. The van der Waals surface area contributed by atoms with Gasteiger partial charge in [0, 0.05) is 16.8 Å². The summed E-state index contributed by atoms with van der Waals surface area (Å²) < 4.78 is 0. The van der Waals surface area contributed by atoms with Gasteiger partial charge in [-0.1, -0.05) is 59.6 Å². The van der Waals surface area contributed by atoms with E-state index in [1.54, 1.807) is 42.5 Å². The SMILES string of the molecule is Cc1ccccc1NC(=O)c1ccc(C=CC(=O)c2ccc(Cl)c(Cl)c2)cc1. The van der Waals surface area contributed by atoms with Gasteiger partial charge in [0.05, 0.1) is 10.0 Å². The lowest BCUT2D eigenvalue weighted by Crippen LogP contribution is -2.12. The van der Waals surface area contributed by atoms with Crippen molar-refractivity contribution in [3.05, 3.63) is 105 Å². The molecule has 140 valence electrons. The number of nitrogens with one attached hydrogen (secondary N) is 1. The molecule has 0 spiro atoms. The van der Waals surface area contributed by atoms with Crippen molar-refractivity contribution in [1.29, 1.82) is 0 Å². The molecular weight excluding hydrogens is 393 g/mol. The van der Waals surface area contributed by atoms with E-state index in [0.717, 1.165) is 16.8 Å². The van der Waals surface area contributed by atoms with Crippen LogP contribution in [0.1, 0.15) is 31.8 Å². The van der Waals surface area contributed by atoms with Crippen molar-refractivity contribution in [2.75, 3.05) is 5.32 Å². The molecule has 3 rings (SSSR count). The third-order valence-electron chi connectivity index (χ3n) is 4.20. The zero-order chi connectivity index (χ0) is 20.1. The van der Waals surface area contributed by atoms with Gasteiger partial charge < -0.3 is 5.32 Å². The zero-order valence-electron chi connectivity index (χ0n) is 15.1. The third kappa shape index (κ3) is 4.89. The molecule has 0 aliphatic rings. The number of ketones is 1. The Balaban J connectivity index is 1.67. The summed E-state index contributed by atoms with van der Waals surface area (Å²) in [4.78, 5) is 24.6. The number of amides is 1. The topological polar surface area (TPSA) is 46.2 Å². The van der Waals surface area contributed by atoms with Gasteiger partial charge in [0.15, 0.2) is 5.78 Å². The first-order valence-electron chi connectivity index (χ1n) is 8.58. The molecule has 0 atom stereocenters. The van der Waals surface area contributed by atoms with E-state index in [0.29, 0.717) is 21.2 Å². The summed E-state index contributed by atoms with van der Waals surface area (Å²) >= 11 is 11.8. The summed E-state index contributed by atoms with van der Waals surface area (Å²) in [7, 11) is 0. The van der Waals surface area contributed by atoms with Crippen LogP contribution in [-0.4, -0.2) is 11.7 Å². The van der Waals surface area contributed by atoms with Crippen molar-refractivity contribution in [2.24, 2.45) is 0 Å². The van der Waals surface area contributed by atoms with Gasteiger partial charge in [0.2, 0.25) is 0 Å². The average molecular weight is 410 g/mol. The maximum atomic E-state index is 12.4. The normalized spacial score (nSPS) is 10.8. The van der Waals surface area contributed by atoms with E-state index in [1.165, 1.54) is 12.1 Å². The van der Waals surface area contributed by atoms with E-state index < -0.39 is 0 Å². The molecule has 0 saturated heterocycles. The fourth-order valence-electron chi connectivity index (χ4n) is 2.57. The number of aryl methyl sites for hydroxylation is 1. The first-order chi connectivity index (χ1) is 13.4. The molecule has 0 radical (unpaired) electrons. The van der Waals surface area contributed by atoms with Crippen LogP contribution in [0.25, 0.3) is 6.08 Å². The number of hydrogen-bond donors (Lipinski definition) is 1. The number of allylic oxidation sites excluding steroid dienone is 1. The quantitative estimate of drug-likeness (QED) is 0.388. The molecule has 0 bridgehead atoms. The zero-order valence-corrected chi connectivity index (χ0v) is 16.6. The van der Waals surface area contributed by atoms with Crippen LogP contribution >= 0.6 is 23.2 Å². The third-order valence-corrected chi connectivity index (χ3v) is 4.94. The van der Waals surface area contributed by atoms with Gasteiger partial charge in [-0.15, -0.1) is 0 Å². The Hall–Kier alpha value is -2.88. The molecule has 0 unspecified atom stereocenters. The predicted molar refractivity (Wildman–Crippen MR) is 115 cm³/mol. The Labute approximate surface area is 173 Å². The summed E-state index contributed by atoms with van der Waals surface area (Å²) in [5.74, 6) is -0.364. The number of carbonyl (C=O) groups excluding carboxylic acids is 2. The largest absolute Gasteiger partial charge is 0.322 e. The maximum absolute atomic E-state index is 12.4. The smallest absolute Gasteiger partial charge is 0.255 e. The van der Waals surface area contributed by atoms with E-state index in [2.05, 4.69) is 5.32 Å². The second-order valence-corrected chi connectivity index (χ2v) is 7.03. The molecule has 1 N–H and O–H groups in total. The van der Waals surface area contributed by atoms with E-state index in [-0.39, 0.29) is 11.7 Å². The molecule has 28 heavy (non-hydrogen) atoms. The number of carbonyl (C=O) groups is 2. The monoisotopic (exact) mass is 409 g/mol. The molecule has 3 aromatic carbocycles. The van der Waals surface area contributed by atoms with Gasteiger partial charge in [-0.05, 0) is 60.5 Å². The highest BCUT2D eigenvalue weighted by molar-refractivity contribution is 6.42. The Morgan fingerprint density at radius 1 is 0.857 bits per heavy atom. The van der Waals surface area contributed by atoms with E-state index in [9.17, 15) is 9.59 Å².